The summed E-state index contributed by atoms with van der Waals surface area (Å²) in [4.78, 5) is 16.6. The van der Waals surface area contributed by atoms with E-state index < -0.39 is 6.04 Å². The number of carbonyl (C=O) groups is 1. The highest BCUT2D eigenvalue weighted by Crippen LogP contribution is 2.18. The first kappa shape index (κ1) is 13.0. The lowest BCUT2D eigenvalue weighted by Gasteiger charge is -2.11. The summed E-state index contributed by atoms with van der Waals surface area (Å²) >= 11 is 0. The Hall–Kier alpha value is -2.41. The molecule has 1 aromatic carbocycles. The largest absolute Gasteiger partial charge is 0.336 e. The standard InChI is InChI=1S/C15H15N3O/c1-3-11(9-16)18-15(19)13-8-10(2)17-14-7-5-4-6-12(13)14/h4-8,11H,3H2,1-2H3,(H,18,19). The van der Waals surface area contributed by atoms with Gasteiger partial charge in [-0.15, -0.1) is 0 Å². The summed E-state index contributed by atoms with van der Waals surface area (Å²) in [6.45, 7) is 3.72. The van der Waals surface area contributed by atoms with Gasteiger partial charge in [0, 0.05) is 11.1 Å². The van der Waals surface area contributed by atoms with Crippen molar-refractivity contribution in [2.24, 2.45) is 0 Å². The molecule has 0 fully saturated rings. The van der Waals surface area contributed by atoms with Crippen LogP contribution in [0.25, 0.3) is 10.9 Å². The number of nitrogens with one attached hydrogen (secondary N) is 1. The Kier molecular flexibility index (Phi) is 3.76. The van der Waals surface area contributed by atoms with E-state index in [0.717, 1.165) is 16.6 Å². The number of rotatable bonds is 3. The highest BCUT2D eigenvalue weighted by atomic mass is 16.1. The monoisotopic (exact) mass is 253 g/mol. The lowest BCUT2D eigenvalue weighted by molar-refractivity contribution is 0.0946. The summed E-state index contributed by atoms with van der Waals surface area (Å²) < 4.78 is 0. The smallest absolute Gasteiger partial charge is 0.253 e. The molecule has 0 spiro atoms. The molecule has 4 heteroatoms. The fourth-order valence-electron chi connectivity index (χ4n) is 1.96. The summed E-state index contributed by atoms with van der Waals surface area (Å²) in [7, 11) is 0. The molecule has 1 N–H and O–H groups in total. The van der Waals surface area contributed by atoms with Gasteiger partial charge in [-0.3, -0.25) is 9.78 Å². The normalized spacial score (nSPS) is 11.8. The summed E-state index contributed by atoms with van der Waals surface area (Å²) in [5.74, 6) is -0.227. The van der Waals surface area contributed by atoms with E-state index in [0.29, 0.717) is 12.0 Å². The number of pyridine rings is 1. The molecule has 4 nitrogen and oxygen atoms in total. The van der Waals surface area contributed by atoms with Crippen molar-refractivity contribution >= 4 is 16.8 Å². The van der Waals surface area contributed by atoms with Crippen LogP contribution in [-0.2, 0) is 0 Å². The Morgan fingerprint density at radius 1 is 1.47 bits per heavy atom. The summed E-state index contributed by atoms with van der Waals surface area (Å²) in [6, 6.07) is 10.9. The second-order valence-electron chi connectivity index (χ2n) is 4.39. The van der Waals surface area contributed by atoms with Gasteiger partial charge in [-0.25, -0.2) is 0 Å². The van der Waals surface area contributed by atoms with Gasteiger partial charge < -0.3 is 5.32 Å². The molecule has 1 heterocycles. The van der Waals surface area contributed by atoms with E-state index in [4.69, 9.17) is 5.26 Å². The van der Waals surface area contributed by atoms with Crippen LogP contribution in [-0.4, -0.2) is 16.9 Å². The second kappa shape index (κ2) is 5.49. The first-order valence-corrected chi connectivity index (χ1v) is 6.22. The Labute approximate surface area is 112 Å². The van der Waals surface area contributed by atoms with Crippen molar-refractivity contribution in [3.8, 4) is 6.07 Å². The predicted octanol–water partition coefficient (Wildman–Crippen LogP) is 2.58. The van der Waals surface area contributed by atoms with Gasteiger partial charge in [-0.05, 0) is 25.5 Å². The number of para-hydroxylation sites is 1. The van der Waals surface area contributed by atoms with Gasteiger partial charge in [-0.2, -0.15) is 5.26 Å². The van der Waals surface area contributed by atoms with E-state index in [2.05, 4.69) is 16.4 Å². The van der Waals surface area contributed by atoms with Crippen LogP contribution in [0.3, 0.4) is 0 Å². The van der Waals surface area contributed by atoms with Crippen molar-refractivity contribution < 1.29 is 4.79 Å². The number of hydrogen-bond acceptors (Lipinski definition) is 3. The third-order valence-electron chi connectivity index (χ3n) is 2.96. The molecule has 1 aromatic heterocycles. The molecule has 0 saturated heterocycles. The summed E-state index contributed by atoms with van der Waals surface area (Å²) in [5.41, 5.74) is 2.14. The van der Waals surface area contributed by atoms with Crippen molar-refractivity contribution in [2.45, 2.75) is 26.3 Å². The van der Waals surface area contributed by atoms with E-state index in [1.54, 1.807) is 6.07 Å². The van der Waals surface area contributed by atoms with E-state index in [9.17, 15) is 4.79 Å². The highest BCUT2D eigenvalue weighted by Gasteiger charge is 2.14. The predicted molar refractivity (Wildman–Crippen MR) is 73.6 cm³/mol. The Morgan fingerprint density at radius 3 is 2.89 bits per heavy atom. The minimum atomic E-state index is -0.459. The molecule has 2 aromatic rings. The average Bonchev–Trinajstić information content (AvgIpc) is 2.43. The number of amides is 1. The van der Waals surface area contributed by atoms with E-state index in [-0.39, 0.29) is 5.91 Å². The first-order chi connectivity index (χ1) is 9.15. The third-order valence-corrected chi connectivity index (χ3v) is 2.96. The fourth-order valence-corrected chi connectivity index (χ4v) is 1.96. The SMILES string of the molecule is CCC(C#N)NC(=O)c1cc(C)nc2ccccc12. The number of hydrogen-bond donors (Lipinski definition) is 1. The quantitative estimate of drug-likeness (QED) is 0.914. The molecular formula is C15H15N3O. The summed E-state index contributed by atoms with van der Waals surface area (Å²) in [5, 5.41) is 12.4. The first-order valence-electron chi connectivity index (χ1n) is 6.22. The fraction of sp³-hybridized carbons (Fsp3) is 0.267. The molecule has 0 radical (unpaired) electrons. The molecule has 0 bridgehead atoms. The van der Waals surface area contributed by atoms with E-state index in [1.165, 1.54) is 0 Å². The Balaban J connectivity index is 2.44. The number of aromatic nitrogens is 1. The molecule has 0 aliphatic heterocycles. The van der Waals surface area contributed by atoms with Gasteiger partial charge in [0.1, 0.15) is 6.04 Å². The molecule has 0 aliphatic rings. The lowest BCUT2D eigenvalue weighted by atomic mass is 10.1. The number of carbonyl (C=O) groups excluding carboxylic acids is 1. The van der Waals surface area contributed by atoms with Crippen LogP contribution in [0.1, 0.15) is 29.4 Å². The molecule has 0 aliphatic carbocycles. The number of aryl methyl sites for hydroxylation is 1. The van der Waals surface area contributed by atoms with Gasteiger partial charge in [-0.1, -0.05) is 25.1 Å². The zero-order valence-electron chi connectivity index (χ0n) is 11.0. The lowest BCUT2D eigenvalue weighted by Crippen LogP contribution is -2.33. The molecule has 1 amide bonds. The van der Waals surface area contributed by atoms with Gasteiger partial charge in [0.25, 0.3) is 5.91 Å². The minimum absolute atomic E-state index is 0.227. The van der Waals surface area contributed by atoms with Crippen LogP contribution in [0, 0.1) is 18.3 Å². The average molecular weight is 253 g/mol. The van der Waals surface area contributed by atoms with Gasteiger partial charge >= 0.3 is 0 Å². The van der Waals surface area contributed by atoms with E-state index in [1.807, 2.05) is 38.1 Å². The van der Waals surface area contributed by atoms with Crippen molar-refractivity contribution in [1.82, 2.24) is 10.3 Å². The molecule has 2 rings (SSSR count). The summed E-state index contributed by atoms with van der Waals surface area (Å²) in [6.07, 6.45) is 0.588. The molecule has 1 unspecified atom stereocenters. The number of benzene rings is 1. The zero-order valence-corrected chi connectivity index (χ0v) is 11.0. The van der Waals surface area contributed by atoms with Crippen LogP contribution in [0.4, 0.5) is 0 Å². The van der Waals surface area contributed by atoms with Gasteiger partial charge in [0.05, 0.1) is 17.1 Å². The Bertz CT molecular complexity index is 658. The van der Waals surface area contributed by atoms with Crippen LogP contribution in [0.5, 0.6) is 0 Å². The maximum Gasteiger partial charge on any atom is 0.253 e. The number of nitriles is 1. The zero-order chi connectivity index (χ0) is 13.8. The van der Waals surface area contributed by atoms with Gasteiger partial charge in [0.2, 0.25) is 0 Å². The van der Waals surface area contributed by atoms with Crippen molar-refractivity contribution in [1.29, 1.82) is 5.26 Å². The van der Waals surface area contributed by atoms with Crippen LogP contribution >= 0.6 is 0 Å². The van der Waals surface area contributed by atoms with Gasteiger partial charge in [0.15, 0.2) is 0 Å². The highest BCUT2D eigenvalue weighted by molar-refractivity contribution is 6.06. The van der Waals surface area contributed by atoms with Crippen molar-refractivity contribution in [3.05, 3.63) is 41.6 Å². The second-order valence-corrected chi connectivity index (χ2v) is 4.39. The third kappa shape index (κ3) is 2.71. The number of fused-ring (bicyclic) bond motifs is 1. The molecule has 96 valence electrons. The Morgan fingerprint density at radius 2 is 2.21 bits per heavy atom. The maximum atomic E-state index is 12.2. The number of nitrogens with zero attached hydrogens (tertiary/aromatic N) is 2. The van der Waals surface area contributed by atoms with Crippen molar-refractivity contribution in [3.63, 3.8) is 0 Å². The maximum absolute atomic E-state index is 12.2. The topological polar surface area (TPSA) is 65.8 Å². The van der Waals surface area contributed by atoms with E-state index >= 15 is 0 Å². The molecular weight excluding hydrogens is 238 g/mol. The molecule has 19 heavy (non-hydrogen) atoms. The minimum Gasteiger partial charge on any atom is -0.336 e. The molecule has 0 saturated carbocycles. The van der Waals surface area contributed by atoms with Crippen molar-refractivity contribution in [2.75, 3.05) is 0 Å². The van der Waals surface area contributed by atoms with Crippen LogP contribution < -0.4 is 5.32 Å². The van der Waals surface area contributed by atoms with Crippen LogP contribution in [0.15, 0.2) is 30.3 Å². The molecule has 1 atom stereocenters. The van der Waals surface area contributed by atoms with Crippen LogP contribution in [0.2, 0.25) is 0 Å².